The van der Waals surface area contributed by atoms with Crippen molar-refractivity contribution in [3.8, 4) is 33.5 Å². The van der Waals surface area contributed by atoms with Crippen LogP contribution in [-0.4, -0.2) is 4.98 Å². The first-order valence-corrected chi connectivity index (χ1v) is 12.2. The fourth-order valence-corrected chi connectivity index (χ4v) is 6.11. The van der Waals surface area contributed by atoms with Crippen LogP contribution in [0.3, 0.4) is 0 Å². The molecule has 0 atom stereocenters. The minimum absolute atomic E-state index is 0.0976. The number of benzene rings is 5. The van der Waals surface area contributed by atoms with Crippen LogP contribution in [0.25, 0.3) is 55.1 Å². The highest BCUT2D eigenvalue weighted by Gasteiger charge is 2.38. The Kier molecular flexibility index (Phi) is 4.25. The van der Waals surface area contributed by atoms with Crippen LogP contribution < -0.4 is 0 Å². The predicted octanol–water partition coefficient (Wildman–Crippen LogP) is 9.03. The second-order valence-corrected chi connectivity index (χ2v) is 9.96. The van der Waals surface area contributed by atoms with Crippen molar-refractivity contribution in [3.05, 3.63) is 127 Å². The van der Waals surface area contributed by atoms with E-state index in [9.17, 15) is 0 Å². The average Bonchev–Trinajstić information content (AvgIpc) is 3.15. The van der Waals surface area contributed by atoms with Crippen LogP contribution >= 0.6 is 0 Å². The van der Waals surface area contributed by atoms with Crippen LogP contribution in [-0.2, 0) is 5.41 Å². The summed E-state index contributed by atoms with van der Waals surface area (Å²) in [5.74, 6) is 0. The molecule has 0 saturated heterocycles. The monoisotopic (exact) mass is 447 g/mol. The molecule has 0 bridgehead atoms. The van der Waals surface area contributed by atoms with Gasteiger partial charge in [0, 0.05) is 22.6 Å². The molecule has 0 unspecified atom stereocenters. The first-order chi connectivity index (χ1) is 17.2. The Morgan fingerprint density at radius 2 is 1.09 bits per heavy atom. The molecule has 1 aliphatic carbocycles. The van der Waals surface area contributed by atoms with E-state index in [1.54, 1.807) is 0 Å². The zero-order valence-corrected chi connectivity index (χ0v) is 19.9. The molecule has 1 heteroatoms. The molecule has 0 saturated carbocycles. The molecule has 1 aliphatic rings. The standard InChI is InChI=1S/C34H25N/c1-34(2)27-20-19-26-29(22-12-5-3-6-13-22)24-16-9-10-17-25(24)30(23-14-7-4-8-15-23)31(26)32(27)33-28(34)18-11-21-35-33/h3-21H,1-2H3. The topological polar surface area (TPSA) is 12.9 Å². The maximum atomic E-state index is 4.96. The summed E-state index contributed by atoms with van der Waals surface area (Å²) in [7, 11) is 0. The molecule has 1 heterocycles. The van der Waals surface area contributed by atoms with Crippen LogP contribution in [0.2, 0.25) is 0 Å². The predicted molar refractivity (Wildman–Crippen MR) is 148 cm³/mol. The summed E-state index contributed by atoms with van der Waals surface area (Å²) in [4.78, 5) is 4.96. The van der Waals surface area contributed by atoms with Gasteiger partial charge in [-0.1, -0.05) is 117 Å². The van der Waals surface area contributed by atoms with Gasteiger partial charge in [-0.05, 0) is 55.6 Å². The quantitative estimate of drug-likeness (QED) is 0.241. The molecule has 7 rings (SSSR count). The highest BCUT2D eigenvalue weighted by atomic mass is 14.7. The molecular formula is C34H25N. The summed E-state index contributed by atoms with van der Waals surface area (Å²) in [5.41, 5.74) is 10.0. The number of rotatable bonds is 2. The molecule has 166 valence electrons. The maximum absolute atomic E-state index is 4.96. The van der Waals surface area contributed by atoms with Crippen molar-refractivity contribution >= 4 is 21.5 Å². The van der Waals surface area contributed by atoms with Gasteiger partial charge in [-0.25, -0.2) is 0 Å². The number of fused-ring (bicyclic) bond motifs is 6. The molecule has 5 aromatic carbocycles. The van der Waals surface area contributed by atoms with E-state index in [2.05, 4.69) is 123 Å². The Labute approximate surface area is 205 Å². The number of pyridine rings is 1. The van der Waals surface area contributed by atoms with Crippen molar-refractivity contribution in [2.75, 3.05) is 0 Å². The Morgan fingerprint density at radius 3 is 1.77 bits per heavy atom. The Morgan fingerprint density at radius 1 is 0.486 bits per heavy atom. The van der Waals surface area contributed by atoms with Crippen molar-refractivity contribution in [1.29, 1.82) is 0 Å². The summed E-state index contributed by atoms with van der Waals surface area (Å²) in [6.07, 6.45) is 1.93. The third-order valence-electron chi connectivity index (χ3n) is 7.71. The zero-order valence-electron chi connectivity index (χ0n) is 19.9. The average molecular weight is 448 g/mol. The summed E-state index contributed by atoms with van der Waals surface area (Å²) in [6.45, 7) is 4.65. The van der Waals surface area contributed by atoms with E-state index in [0.717, 1.165) is 5.69 Å². The molecule has 0 fully saturated rings. The van der Waals surface area contributed by atoms with Gasteiger partial charge in [0.15, 0.2) is 0 Å². The van der Waals surface area contributed by atoms with E-state index in [1.165, 1.54) is 60.5 Å². The molecule has 0 N–H and O–H groups in total. The fourth-order valence-electron chi connectivity index (χ4n) is 6.11. The third kappa shape index (κ3) is 2.79. The molecule has 1 nitrogen and oxygen atoms in total. The van der Waals surface area contributed by atoms with Crippen LogP contribution in [0.5, 0.6) is 0 Å². The summed E-state index contributed by atoms with van der Waals surface area (Å²) < 4.78 is 0. The van der Waals surface area contributed by atoms with Crippen LogP contribution in [0.15, 0.2) is 115 Å². The lowest BCUT2D eigenvalue weighted by Crippen LogP contribution is -2.14. The van der Waals surface area contributed by atoms with E-state index in [1.807, 2.05) is 6.20 Å². The lowest BCUT2D eigenvalue weighted by atomic mass is 9.79. The highest BCUT2D eigenvalue weighted by Crippen LogP contribution is 2.54. The minimum atomic E-state index is -0.0976. The molecule has 0 spiro atoms. The van der Waals surface area contributed by atoms with Gasteiger partial charge in [0.25, 0.3) is 0 Å². The smallest absolute Gasteiger partial charge is 0.0752 e. The minimum Gasteiger partial charge on any atom is -0.256 e. The number of aromatic nitrogens is 1. The van der Waals surface area contributed by atoms with Gasteiger partial charge < -0.3 is 0 Å². The van der Waals surface area contributed by atoms with Gasteiger partial charge in [-0.3, -0.25) is 4.98 Å². The van der Waals surface area contributed by atoms with E-state index in [-0.39, 0.29) is 5.41 Å². The van der Waals surface area contributed by atoms with Crippen molar-refractivity contribution in [2.24, 2.45) is 0 Å². The first kappa shape index (κ1) is 20.2. The van der Waals surface area contributed by atoms with Gasteiger partial charge in [-0.2, -0.15) is 0 Å². The maximum Gasteiger partial charge on any atom is 0.0752 e. The first-order valence-electron chi connectivity index (χ1n) is 12.2. The van der Waals surface area contributed by atoms with Crippen molar-refractivity contribution in [3.63, 3.8) is 0 Å². The molecule has 35 heavy (non-hydrogen) atoms. The van der Waals surface area contributed by atoms with Crippen molar-refractivity contribution in [2.45, 2.75) is 19.3 Å². The normalized spacial score (nSPS) is 13.7. The third-order valence-corrected chi connectivity index (χ3v) is 7.71. The van der Waals surface area contributed by atoms with Gasteiger partial charge >= 0.3 is 0 Å². The summed E-state index contributed by atoms with van der Waals surface area (Å²) in [5, 5.41) is 5.14. The van der Waals surface area contributed by atoms with E-state index >= 15 is 0 Å². The van der Waals surface area contributed by atoms with Crippen molar-refractivity contribution in [1.82, 2.24) is 4.98 Å². The SMILES string of the molecule is CC1(C)c2cccnc2-c2c1ccc1c(-c3ccccc3)c3ccccc3c(-c3ccccc3)c21. The van der Waals surface area contributed by atoms with Crippen LogP contribution in [0, 0.1) is 0 Å². The Balaban J connectivity index is 1.78. The van der Waals surface area contributed by atoms with Crippen LogP contribution in [0.4, 0.5) is 0 Å². The summed E-state index contributed by atoms with van der Waals surface area (Å²) >= 11 is 0. The lowest BCUT2D eigenvalue weighted by molar-refractivity contribution is 0.659. The molecule has 1 aromatic heterocycles. The molecular weight excluding hydrogens is 422 g/mol. The molecule has 0 aliphatic heterocycles. The van der Waals surface area contributed by atoms with Crippen LogP contribution in [0.1, 0.15) is 25.0 Å². The highest BCUT2D eigenvalue weighted by molar-refractivity contribution is 6.25. The van der Waals surface area contributed by atoms with Crippen molar-refractivity contribution < 1.29 is 0 Å². The van der Waals surface area contributed by atoms with E-state index in [4.69, 9.17) is 4.98 Å². The second kappa shape index (κ2) is 7.38. The molecule has 6 aromatic rings. The van der Waals surface area contributed by atoms with Gasteiger partial charge in [-0.15, -0.1) is 0 Å². The van der Waals surface area contributed by atoms with Gasteiger partial charge in [0.1, 0.15) is 0 Å². The largest absolute Gasteiger partial charge is 0.256 e. The zero-order chi connectivity index (χ0) is 23.6. The molecule has 0 amide bonds. The summed E-state index contributed by atoms with van der Waals surface area (Å²) in [6, 6.07) is 39.5. The lowest BCUT2D eigenvalue weighted by Gasteiger charge is -2.23. The number of hydrogen-bond donors (Lipinski definition) is 0. The fraction of sp³-hybridized carbons (Fsp3) is 0.0882. The van der Waals surface area contributed by atoms with E-state index < -0.39 is 0 Å². The number of nitrogens with zero attached hydrogens (tertiary/aromatic N) is 1. The number of hydrogen-bond acceptors (Lipinski definition) is 1. The second-order valence-electron chi connectivity index (χ2n) is 9.96. The Hall–Kier alpha value is -4.23. The molecule has 0 radical (unpaired) electrons. The Bertz CT molecular complexity index is 1750. The van der Waals surface area contributed by atoms with Gasteiger partial charge in [0.05, 0.1) is 5.69 Å². The van der Waals surface area contributed by atoms with E-state index in [0.29, 0.717) is 0 Å². The van der Waals surface area contributed by atoms with Gasteiger partial charge in [0.2, 0.25) is 0 Å².